The second-order valence-corrected chi connectivity index (χ2v) is 6.63. The molecule has 2 aromatic rings. The number of pyridine rings is 1. The lowest BCUT2D eigenvalue weighted by atomic mass is 10.0. The summed E-state index contributed by atoms with van der Waals surface area (Å²) in [6, 6.07) is 4.18. The predicted octanol–water partition coefficient (Wildman–Crippen LogP) is 0.806. The van der Waals surface area contributed by atoms with E-state index in [1.807, 2.05) is 19.0 Å². The molecule has 128 valence electrons. The highest BCUT2D eigenvalue weighted by molar-refractivity contribution is 5.97. The fourth-order valence-electron chi connectivity index (χ4n) is 3.29. The number of likely N-dealkylation sites (tertiary alicyclic amines) is 1. The number of hydrogen-bond donors (Lipinski definition) is 2. The number of amides is 1. The summed E-state index contributed by atoms with van der Waals surface area (Å²) in [5.74, 6) is -0.984. The second-order valence-electron chi connectivity index (χ2n) is 6.63. The summed E-state index contributed by atoms with van der Waals surface area (Å²) < 4.78 is 13.7. The summed E-state index contributed by atoms with van der Waals surface area (Å²) in [4.78, 5) is 31.2. The topological polar surface area (TPSA) is 76.6 Å². The van der Waals surface area contributed by atoms with Gasteiger partial charge in [-0.15, -0.1) is 0 Å². The number of hydrogen-bond acceptors (Lipinski definition) is 4. The van der Waals surface area contributed by atoms with Crippen LogP contribution < -0.4 is 5.43 Å². The van der Waals surface area contributed by atoms with Gasteiger partial charge in [-0.2, -0.15) is 0 Å². The first-order chi connectivity index (χ1) is 11.3. The minimum Gasteiger partial charge on any atom is -0.387 e. The second kappa shape index (κ2) is 5.99. The Balaban J connectivity index is 1.90. The standard InChI is InChI=1S/C17H20FN3O3/c1-20(2)9-17(24)6-7-21(10-17)16(23)12-8-19-14-11(15(12)22)4-3-5-13(14)18/h3-5,8,24H,6-7,9-10H2,1-2H3,(H,19,22)/t17-/m1/s1. The predicted molar refractivity (Wildman–Crippen MR) is 88.6 cm³/mol. The van der Waals surface area contributed by atoms with Crippen LogP contribution in [0.5, 0.6) is 0 Å². The van der Waals surface area contributed by atoms with Crippen LogP contribution in [-0.2, 0) is 0 Å². The SMILES string of the molecule is CN(C)C[C@]1(O)CCN(C(=O)c2c[nH]c3c(F)cccc3c2=O)C1. The Morgan fingerprint density at radius 1 is 1.46 bits per heavy atom. The Kier molecular flexibility index (Phi) is 4.15. The fraction of sp³-hybridized carbons (Fsp3) is 0.412. The molecule has 2 N–H and O–H groups in total. The molecule has 0 spiro atoms. The van der Waals surface area contributed by atoms with Gasteiger partial charge in [0, 0.05) is 24.7 Å². The molecule has 0 radical (unpaired) electrons. The molecule has 1 saturated heterocycles. The average molecular weight is 333 g/mol. The van der Waals surface area contributed by atoms with Crippen molar-refractivity contribution in [3.63, 3.8) is 0 Å². The maximum atomic E-state index is 13.7. The third-order valence-corrected chi connectivity index (χ3v) is 4.32. The van der Waals surface area contributed by atoms with E-state index in [9.17, 15) is 19.1 Å². The molecule has 0 aliphatic carbocycles. The molecule has 1 aromatic heterocycles. The highest BCUT2D eigenvalue weighted by atomic mass is 19.1. The average Bonchev–Trinajstić information content (AvgIpc) is 2.89. The van der Waals surface area contributed by atoms with Crippen molar-refractivity contribution in [3.8, 4) is 0 Å². The summed E-state index contributed by atoms with van der Waals surface area (Å²) >= 11 is 0. The van der Waals surface area contributed by atoms with Gasteiger partial charge in [0.2, 0.25) is 5.43 Å². The number of para-hydroxylation sites is 1. The molecule has 0 saturated carbocycles. The van der Waals surface area contributed by atoms with E-state index in [1.54, 1.807) is 0 Å². The van der Waals surface area contributed by atoms with Gasteiger partial charge in [-0.05, 0) is 32.6 Å². The number of aliphatic hydroxyl groups is 1. The van der Waals surface area contributed by atoms with Gasteiger partial charge in [-0.1, -0.05) is 6.07 Å². The van der Waals surface area contributed by atoms with Crippen LogP contribution in [0.15, 0.2) is 29.2 Å². The molecule has 24 heavy (non-hydrogen) atoms. The van der Waals surface area contributed by atoms with Crippen molar-refractivity contribution in [2.45, 2.75) is 12.0 Å². The zero-order valence-corrected chi connectivity index (χ0v) is 13.7. The quantitative estimate of drug-likeness (QED) is 0.871. The number of β-amino-alcohol motifs (C(OH)–C–C–N with tert-alkyl or cyclic N) is 1. The van der Waals surface area contributed by atoms with E-state index >= 15 is 0 Å². The van der Waals surface area contributed by atoms with Gasteiger partial charge in [0.05, 0.1) is 17.7 Å². The Hall–Kier alpha value is -2.25. The number of rotatable bonds is 3. The zero-order valence-electron chi connectivity index (χ0n) is 13.7. The van der Waals surface area contributed by atoms with Gasteiger partial charge in [0.15, 0.2) is 0 Å². The maximum absolute atomic E-state index is 13.7. The van der Waals surface area contributed by atoms with Crippen molar-refractivity contribution in [2.75, 3.05) is 33.7 Å². The van der Waals surface area contributed by atoms with Gasteiger partial charge in [0.1, 0.15) is 11.4 Å². The van der Waals surface area contributed by atoms with Crippen molar-refractivity contribution in [3.05, 3.63) is 46.0 Å². The van der Waals surface area contributed by atoms with E-state index < -0.39 is 22.8 Å². The molecule has 6 nitrogen and oxygen atoms in total. The first-order valence-corrected chi connectivity index (χ1v) is 7.77. The number of nitrogens with one attached hydrogen (secondary N) is 1. The van der Waals surface area contributed by atoms with Crippen LogP contribution in [0.4, 0.5) is 4.39 Å². The molecule has 1 fully saturated rings. The summed E-state index contributed by atoms with van der Waals surface area (Å²) in [7, 11) is 3.70. The molecular formula is C17H20FN3O3. The summed E-state index contributed by atoms with van der Waals surface area (Å²) in [6.45, 7) is 0.991. The van der Waals surface area contributed by atoms with E-state index in [0.29, 0.717) is 19.5 Å². The first kappa shape index (κ1) is 16.6. The number of halogens is 1. The molecule has 1 amide bonds. The number of H-pyrrole nitrogens is 1. The smallest absolute Gasteiger partial charge is 0.259 e. The van der Waals surface area contributed by atoms with Gasteiger partial charge in [0.25, 0.3) is 5.91 Å². The van der Waals surface area contributed by atoms with Gasteiger partial charge in [-0.25, -0.2) is 4.39 Å². The van der Waals surface area contributed by atoms with Gasteiger partial charge >= 0.3 is 0 Å². The molecule has 2 heterocycles. The summed E-state index contributed by atoms with van der Waals surface area (Å²) in [6.07, 6.45) is 1.70. The Bertz CT molecular complexity index is 849. The van der Waals surface area contributed by atoms with Crippen molar-refractivity contribution < 1.29 is 14.3 Å². The first-order valence-electron chi connectivity index (χ1n) is 7.77. The van der Waals surface area contributed by atoms with Crippen molar-refractivity contribution in [1.29, 1.82) is 0 Å². The number of carbonyl (C=O) groups excluding carboxylic acids is 1. The Morgan fingerprint density at radius 2 is 2.21 bits per heavy atom. The van der Waals surface area contributed by atoms with E-state index in [0.717, 1.165) is 0 Å². The molecule has 3 rings (SSSR count). The minimum atomic E-state index is -0.977. The molecule has 1 aromatic carbocycles. The van der Waals surface area contributed by atoms with Crippen LogP contribution in [0.2, 0.25) is 0 Å². The van der Waals surface area contributed by atoms with Gasteiger partial charge in [-0.3, -0.25) is 9.59 Å². The normalized spacial score (nSPS) is 21.0. The third-order valence-electron chi connectivity index (χ3n) is 4.32. The number of nitrogens with zero attached hydrogens (tertiary/aromatic N) is 2. The molecule has 0 bridgehead atoms. The summed E-state index contributed by atoms with van der Waals surface area (Å²) in [5.41, 5.74) is -1.43. The van der Waals surface area contributed by atoms with E-state index in [2.05, 4.69) is 4.98 Å². The molecule has 1 aliphatic heterocycles. The van der Waals surface area contributed by atoms with Crippen LogP contribution in [0, 0.1) is 5.82 Å². The van der Waals surface area contributed by atoms with Crippen molar-refractivity contribution >= 4 is 16.8 Å². The molecular weight excluding hydrogens is 313 g/mol. The number of aromatic amines is 1. The van der Waals surface area contributed by atoms with Crippen molar-refractivity contribution in [2.24, 2.45) is 0 Å². The lowest BCUT2D eigenvalue weighted by Crippen LogP contribution is -2.44. The molecule has 1 atom stereocenters. The van der Waals surface area contributed by atoms with Crippen LogP contribution in [0.3, 0.4) is 0 Å². The molecule has 1 aliphatic rings. The largest absolute Gasteiger partial charge is 0.387 e. The fourth-order valence-corrected chi connectivity index (χ4v) is 3.29. The molecule has 0 unspecified atom stereocenters. The Morgan fingerprint density at radius 3 is 2.92 bits per heavy atom. The van der Waals surface area contributed by atoms with Crippen LogP contribution in [-0.4, -0.2) is 65.1 Å². The lowest BCUT2D eigenvalue weighted by Gasteiger charge is -2.26. The minimum absolute atomic E-state index is 0.0396. The van der Waals surface area contributed by atoms with E-state index in [-0.39, 0.29) is 23.0 Å². The van der Waals surface area contributed by atoms with Gasteiger partial charge < -0.3 is 19.9 Å². The monoisotopic (exact) mass is 333 g/mol. The highest BCUT2D eigenvalue weighted by Gasteiger charge is 2.39. The highest BCUT2D eigenvalue weighted by Crippen LogP contribution is 2.23. The van der Waals surface area contributed by atoms with Crippen molar-refractivity contribution in [1.82, 2.24) is 14.8 Å². The maximum Gasteiger partial charge on any atom is 0.259 e. The number of carbonyl (C=O) groups is 1. The van der Waals surface area contributed by atoms with Crippen LogP contribution >= 0.6 is 0 Å². The van der Waals surface area contributed by atoms with E-state index in [4.69, 9.17) is 0 Å². The Labute approximate surface area is 138 Å². The number of fused-ring (bicyclic) bond motifs is 1. The van der Waals surface area contributed by atoms with Crippen LogP contribution in [0.25, 0.3) is 10.9 Å². The number of likely N-dealkylation sites (N-methyl/N-ethyl adjacent to an activating group) is 1. The zero-order chi connectivity index (χ0) is 17.5. The van der Waals surface area contributed by atoms with Crippen LogP contribution in [0.1, 0.15) is 16.8 Å². The third kappa shape index (κ3) is 2.92. The van der Waals surface area contributed by atoms with E-state index in [1.165, 1.54) is 29.3 Å². The summed E-state index contributed by atoms with van der Waals surface area (Å²) in [5, 5.41) is 10.7. The number of benzene rings is 1. The number of aromatic nitrogens is 1. The lowest BCUT2D eigenvalue weighted by molar-refractivity contribution is 0.0236. The molecule has 7 heteroatoms.